The zero-order valence-corrected chi connectivity index (χ0v) is 9.96. The van der Waals surface area contributed by atoms with Crippen molar-refractivity contribution in [2.75, 3.05) is 7.11 Å². The number of rotatable bonds is 4. The monoisotopic (exact) mass is 243 g/mol. The van der Waals surface area contributed by atoms with Crippen LogP contribution in [-0.4, -0.2) is 23.2 Å². The fourth-order valence-electron chi connectivity index (χ4n) is 1.82. The molecule has 0 aliphatic rings. The molecule has 0 atom stereocenters. The Morgan fingerprint density at radius 2 is 2.00 bits per heavy atom. The van der Waals surface area contributed by atoms with E-state index in [1.54, 1.807) is 25.6 Å². The quantitative estimate of drug-likeness (QED) is 0.895. The molecule has 1 aromatic heterocycles. The fourth-order valence-corrected chi connectivity index (χ4v) is 1.82. The normalized spacial score (nSPS) is 10.1. The van der Waals surface area contributed by atoms with Crippen LogP contribution in [0.25, 0.3) is 11.1 Å². The van der Waals surface area contributed by atoms with Gasteiger partial charge in [-0.1, -0.05) is 6.07 Å². The minimum atomic E-state index is -0.862. The smallest absolute Gasteiger partial charge is 0.307 e. The van der Waals surface area contributed by atoms with Gasteiger partial charge >= 0.3 is 5.97 Å². The van der Waals surface area contributed by atoms with Crippen molar-refractivity contribution in [1.29, 1.82) is 0 Å². The van der Waals surface area contributed by atoms with Crippen molar-refractivity contribution in [3.8, 4) is 16.9 Å². The maximum absolute atomic E-state index is 10.9. The van der Waals surface area contributed by atoms with Gasteiger partial charge in [0, 0.05) is 12.4 Å². The van der Waals surface area contributed by atoms with Crippen molar-refractivity contribution >= 4 is 5.97 Å². The molecule has 4 heteroatoms. The highest BCUT2D eigenvalue weighted by Gasteiger charge is 2.10. The number of nitrogens with zero attached hydrogens (tertiary/aromatic N) is 1. The maximum atomic E-state index is 10.9. The molecule has 0 spiro atoms. The van der Waals surface area contributed by atoms with Gasteiger partial charge in [-0.2, -0.15) is 0 Å². The van der Waals surface area contributed by atoms with Gasteiger partial charge in [0.25, 0.3) is 0 Å². The SMILES string of the molecule is COc1ccc(-c2ccncc2)c(CC(=O)O)c1. The average molecular weight is 243 g/mol. The fraction of sp³-hybridized carbons (Fsp3) is 0.143. The molecule has 0 amide bonds. The number of hydrogen-bond acceptors (Lipinski definition) is 3. The second-order valence-corrected chi connectivity index (χ2v) is 3.83. The zero-order chi connectivity index (χ0) is 13.0. The zero-order valence-electron chi connectivity index (χ0n) is 9.96. The van der Waals surface area contributed by atoms with Crippen LogP contribution in [0.3, 0.4) is 0 Å². The van der Waals surface area contributed by atoms with Gasteiger partial charge in [0.15, 0.2) is 0 Å². The summed E-state index contributed by atoms with van der Waals surface area (Å²) >= 11 is 0. The molecule has 18 heavy (non-hydrogen) atoms. The second kappa shape index (κ2) is 5.31. The van der Waals surface area contributed by atoms with Crippen LogP contribution in [0.2, 0.25) is 0 Å². The Balaban J connectivity index is 2.49. The molecule has 0 bridgehead atoms. The topological polar surface area (TPSA) is 59.4 Å². The van der Waals surface area contributed by atoms with E-state index in [9.17, 15) is 4.79 Å². The molecule has 2 aromatic rings. The first kappa shape index (κ1) is 12.1. The lowest BCUT2D eigenvalue weighted by atomic mass is 9.98. The largest absolute Gasteiger partial charge is 0.497 e. The summed E-state index contributed by atoms with van der Waals surface area (Å²) in [7, 11) is 1.56. The van der Waals surface area contributed by atoms with Crippen LogP contribution in [-0.2, 0) is 11.2 Å². The Labute approximate surface area is 105 Å². The van der Waals surface area contributed by atoms with E-state index in [4.69, 9.17) is 9.84 Å². The molecule has 2 rings (SSSR count). The highest BCUT2D eigenvalue weighted by molar-refractivity contribution is 5.77. The van der Waals surface area contributed by atoms with Crippen molar-refractivity contribution in [2.24, 2.45) is 0 Å². The van der Waals surface area contributed by atoms with Gasteiger partial charge in [-0.25, -0.2) is 0 Å². The Bertz CT molecular complexity index is 552. The number of carbonyl (C=O) groups is 1. The third kappa shape index (κ3) is 2.66. The summed E-state index contributed by atoms with van der Waals surface area (Å²) in [5, 5.41) is 8.95. The van der Waals surface area contributed by atoms with E-state index in [1.165, 1.54) is 0 Å². The first-order valence-electron chi connectivity index (χ1n) is 5.50. The van der Waals surface area contributed by atoms with E-state index in [1.807, 2.05) is 24.3 Å². The highest BCUT2D eigenvalue weighted by Crippen LogP contribution is 2.27. The van der Waals surface area contributed by atoms with Crippen LogP contribution < -0.4 is 4.74 Å². The van der Waals surface area contributed by atoms with E-state index in [2.05, 4.69) is 4.98 Å². The summed E-state index contributed by atoms with van der Waals surface area (Å²) in [5.41, 5.74) is 2.57. The van der Waals surface area contributed by atoms with Crippen molar-refractivity contribution in [3.63, 3.8) is 0 Å². The lowest BCUT2D eigenvalue weighted by Gasteiger charge is -2.10. The number of methoxy groups -OCH3 is 1. The number of hydrogen-bond donors (Lipinski definition) is 1. The second-order valence-electron chi connectivity index (χ2n) is 3.83. The van der Waals surface area contributed by atoms with Crippen molar-refractivity contribution in [1.82, 2.24) is 4.98 Å². The highest BCUT2D eigenvalue weighted by atomic mass is 16.5. The lowest BCUT2D eigenvalue weighted by Crippen LogP contribution is -2.02. The Kier molecular flexibility index (Phi) is 3.57. The van der Waals surface area contributed by atoms with E-state index in [0.29, 0.717) is 5.75 Å². The van der Waals surface area contributed by atoms with E-state index >= 15 is 0 Å². The number of benzene rings is 1. The van der Waals surface area contributed by atoms with Gasteiger partial charge in [0.1, 0.15) is 5.75 Å². The third-order valence-corrected chi connectivity index (χ3v) is 2.65. The van der Waals surface area contributed by atoms with Gasteiger partial charge in [0.05, 0.1) is 13.5 Å². The molecule has 4 nitrogen and oxygen atoms in total. The molecule has 0 saturated heterocycles. The predicted octanol–water partition coefficient (Wildman–Crippen LogP) is 2.38. The summed E-state index contributed by atoms with van der Waals surface area (Å²) in [6.45, 7) is 0. The Hall–Kier alpha value is -2.36. The van der Waals surface area contributed by atoms with Crippen molar-refractivity contribution < 1.29 is 14.6 Å². The van der Waals surface area contributed by atoms with Crippen LogP contribution in [0.4, 0.5) is 0 Å². The number of carboxylic acid groups (broad SMARTS) is 1. The van der Waals surface area contributed by atoms with Gasteiger partial charge in [-0.05, 0) is 41.0 Å². The van der Waals surface area contributed by atoms with Crippen LogP contribution in [0.15, 0.2) is 42.7 Å². The van der Waals surface area contributed by atoms with Crippen LogP contribution in [0.1, 0.15) is 5.56 Å². The molecule has 0 saturated carbocycles. The first-order chi connectivity index (χ1) is 8.70. The summed E-state index contributed by atoms with van der Waals surface area (Å²) in [6, 6.07) is 9.15. The molecule has 1 heterocycles. The molecule has 1 aromatic carbocycles. The molecule has 0 unspecified atom stereocenters. The standard InChI is InChI=1S/C14H13NO3/c1-18-12-2-3-13(10-4-6-15-7-5-10)11(8-12)9-14(16)17/h2-8H,9H2,1H3,(H,16,17). The van der Waals surface area contributed by atoms with Crippen LogP contribution >= 0.6 is 0 Å². The number of aromatic nitrogens is 1. The summed E-state index contributed by atoms with van der Waals surface area (Å²) < 4.78 is 5.12. The molecule has 0 aliphatic carbocycles. The van der Waals surface area contributed by atoms with Gasteiger partial charge in [0.2, 0.25) is 0 Å². The summed E-state index contributed by atoms with van der Waals surface area (Å²) in [6.07, 6.45) is 3.34. The molecular formula is C14H13NO3. The summed E-state index contributed by atoms with van der Waals surface area (Å²) in [5.74, 6) is -0.206. The third-order valence-electron chi connectivity index (χ3n) is 2.65. The van der Waals surface area contributed by atoms with Crippen molar-refractivity contribution in [3.05, 3.63) is 48.3 Å². The Morgan fingerprint density at radius 3 is 2.61 bits per heavy atom. The molecule has 92 valence electrons. The predicted molar refractivity (Wildman–Crippen MR) is 67.6 cm³/mol. The molecule has 0 aliphatic heterocycles. The Morgan fingerprint density at radius 1 is 1.28 bits per heavy atom. The number of ether oxygens (including phenoxy) is 1. The summed E-state index contributed by atoms with van der Waals surface area (Å²) in [4.78, 5) is 14.9. The van der Waals surface area contributed by atoms with E-state index in [0.717, 1.165) is 16.7 Å². The number of pyridine rings is 1. The van der Waals surface area contributed by atoms with Gasteiger partial charge in [-0.15, -0.1) is 0 Å². The molecule has 0 fully saturated rings. The number of aliphatic carboxylic acids is 1. The van der Waals surface area contributed by atoms with E-state index < -0.39 is 5.97 Å². The molecular weight excluding hydrogens is 230 g/mol. The lowest BCUT2D eigenvalue weighted by molar-refractivity contribution is -0.136. The minimum absolute atomic E-state index is 0.0329. The minimum Gasteiger partial charge on any atom is -0.497 e. The van der Waals surface area contributed by atoms with Crippen LogP contribution in [0, 0.1) is 0 Å². The number of carboxylic acids is 1. The van der Waals surface area contributed by atoms with E-state index in [-0.39, 0.29) is 6.42 Å². The first-order valence-corrected chi connectivity index (χ1v) is 5.50. The molecule has 0 radical (unpaired) electrons. The van der Waals surface area contributed by atoms with Crippen molar-refractivity contribution in [2.45, 2.75) is 6.42 Å². The molecule has 1 N–H and O–H groups in total. The maximum Gasteiger partial charge on any atom is 0.307 e. The van der Waals surface area contributed by atoms with Crippen LogP contribution in [0.5, 0.6) is 5.75 Å². The van der Waals surface area contributed by atoms with Gasteiger partial charge < -0.3 is 9.84 Å². The van der Waals surface area contributed by atoms with Gasteiger partial charge in [-0.3, -0.25) is 9.78 Å². The average Bonchev–Trinajstić information content (AvgIpc) is 2.39.